The van der Waals surface area contributed by atoms with Crippen molar-refractivity contribution < 1.29 is 14.3 Å². The second-order valence-corrected chi connectivity index (χ2v) is 9.47. The smallest absolute Gasteiger partial charge is 0.338 e. The van der Waals surface area contributed by atoms with Gasteiger partial charge in [0.25, 0.3) is 5.56 Å². The molecule has 34 heavy (non-hydrogen) atoms. The number of fused-ring (bicyclic) bond motifs is 1. The Bertz CT molecular complexity index is 1400. The maximum atomic E-state index is 13.6. The fourth-order valence-electron chi connectivity index (χ4n) is 3.87. The lowest BCUT2D eigenvalue weighted by atomic mass is 9.96. The number of thiazole rings is 1. The van der Waals surface area contributed by atoms with E-state index in [4.69, 9.17) is 9.47 Å². The van der Waals surface area contributed by atoms with Gasteiger partial charge in [-0.3, -0.25) is 9.36 Å². The summed E-state index contributed by atoms with van der Waals surface area (Å²) in [5.74, 6) is 0.260. The molecule has 2 heterocycles. The van der Waals surface area contributed by atoms with Crippen LogP contribution in [0.3, 0.4) is 0 Å². The van der Waals surface area contributed by atoms with E-state index >= 15 is 0 Å². The van der Waals surface area contributed by atoms with Crippen molar-refractivity contribution in [3.05, 3.63) is 90.6 Å². The largest absolute Gasteiger partial charge is 0.494 e. The van der Waals surface area contributed by atoms with E-state index in [0.717, 1.165) is 21.8 Å². The first-order valence-electron chi connectivity index (χ1n) is 11.0. The summed E-state index contributed by atoms with van der Waals surface area (Å²) >= 11 is 2.99. The fourth-order valence-corrected chi connectivity index (χ4v) is 5.33. The van der Waals surface area contributed by atoms with Crippen LogP contribution in [0.1, 0.15) is 37.9 Å². The van der Waals surface area contributed by atoms with Gasteiger partial charge in [0.15, 0.2) is 4.80 Å². The third-order valence-electron chi connectivity index (χ3n) is 5.44. The molecule has 1 aromatic heterocycles. The second-order valence-electron chi connectivity index (χ2n) is 7.58. The fraction of sp³-hybridized carbons (Fsp3) is 0.269. The summed E-state index contributed by atoms with van der Waals surface area (Å²) in [6, 6.07) is 14.9. The zero-order chi connectivity index (χ0) is 24.2. The summed E-state index contributed by atoms with van der Waals surface area (Å²) in [6.45, 7) is 6.26. The Labute approximate surface area is 206 Å². The lowest BCUT2D eigenvalue weighted by Crippen LogP contribution is -2.39. The highest BCUT2D eigenvalue weighted by Gasteiger charge is 2.33. The average Bonchev–Trinajstić information content (AvgIpc) is 3.14. The molecule has 1 aliphatic rings. The van der Waals surface area contributed by atoms with Crippen molar-refractivity contribution in [1.82, 2.24) is 4.57 Å². The number of carbonyl (C=O) groups excluding carboxylic acids is 1. The van der Waals surface area contributed by atoms with Gasteiger partial charge in [0, 0.05) is 4.90 Å². The number of esters is 1. The lowest BCUT2D eigenvalue weighted by Gasteiger charge is -2.24. The summed E-state index contributed by atoms with van der Waals surface area (Å²) in [6.07, 6.45) is 3.89. The minimum atomic E-state index is -0.632. The van der Waals surface area contributed by atoms with Crippen LogP contribution in [0.25, 0.3) is 6.08 Å². The normalized spacial score (nSPS) is 15.6. The van der Waals surface area contributed by atoms with Crippen LogP contribution in [0.15, 0.2) is 74.5 Å². The molecule has 1 atom stereocenters. The molecule has 3 aromatic rings. The molecule has 4 rings (SSSR count). The maximum absolute atomic E-state index is 13.6. The van der Waals surface area contributed by atoms with Gasteiger partial charge in [0.05, 0.1) is 35.1 Å². The third kappa shape index (κ3) is 4.74. The monoisotopic (exact) mass is 494 g/mol. The van der Waals surface area contributed by atoms with E-state index in [0.29, 0.717) is 27.2 Å². The Morgan fingerprint density at radius 3 is 2.44 bits per heavy atom. The van der Waals surface area contributed by atoms with Crippen molar-refractivity contribution in [1.29, 1.82) is 0 Å². The van der Waals surface area contributed by atoms with Crippen LogP contribution in [0.2, 0.25) is 0 Å². The molecule has 0 radical (unpaired) electrons. The van der Waals surface area contributed by atoms with E-state index < -0.39 is 12.0 Å². The summed E-state index contributed by atoms with van der Waals surface area (Å²) in [4.78, 5) is 32.9. The molecule has 2 aromatic carbocycles. The van der Waals surface area contributed by atoms with Crippen LogP contribution in [0.4, 0.5) is 0 Å². The Morgan fingerprint density at radius 1 is 1.12 bits per heavy atom. The van der Waals surface area contributed by atoms with Gasteiger partial charge in [-0.15, -0.1) is 11.8 Å². The number of benzene rings is 2. The molecule has 0 unspecified atom stereocenters. The minimum absolute atomic E-state index is 0.189. The molecule has 8 heteroatoms. The number of hydrogen-bond donors (Lipinski definition) is 0. The molecule has 0 N–H and O–H groups in total. The maximum Gasteiger partial charge on any atom is 0.338 e. The number of ether oxygens (including phenoxy) is 2. The Balaban J connectivity index is 1.88. The van der Waals surface area contributed by atoms with Gasteiger partial charge < -0.3 is 9.47 Å². The van der Waals surface area contributed by atoms with Crippen LogP contribution >= 0.6 is 23.1 Å². The number of aromatic nitrogens is 1. The molecule has 6 nitrogen and oxygen atoms in total. The van der Waals surface area contributed by atoms with Crippen molar-refractivity contribution in [2.24, 2.45) is 4.99 Å². The number of hydrogen-bond acceptors (Lipinski definition) is 7. The Hall–Kier alpha value is -3.10. The molecule has 0 bridgehead atoms. The van der Waals surface area contributed by atoms with Crippen LogP contribution in [0, 0.1) is 0 Å². The first-order valence-corrected chi connectivity index (χ1v) is 13.1. The van der Waals surface area contributed by atoms with E-state index in [1.165, 1.54) is 11.3 Å². The Morgan fingerprint density at radius 2 is 1.82 bits per heavy atom. The molecule has 0 fully saturated rings. The van der Waals surface area contributed by atoms with Gasteiger partial charge in [-0.05, 0) is 68.5 Å². The van der Waals surface area contributed by atoms with E-state index in [1.54, 1.807) is 30.2 Å². The van der Waals surface area contributed by atoms with Gasteiger partial charge in [-0.25, -0.2) is 9.79 Å². The number of rotatable bonds is 7. The number of carbonyl (C=O) groups is 1. The summed E-state index contributed by atoms with van der Waals surface area (Å²) in [5, 5.41) is 0. The topological polar surface area (TPSA) is 69.9 Å². The van der Waals surface area contributed by atoms with Crippen molar-refractivity contribution in [3.8, 4) is 5.75 Å². The number of nitrogens with zero attached hydrogens (tertiary/aromatic N) is 2. The molecule has 1 aliphatic heterocycles. The van der Waals surface area contributed by atoms with E-state index in [9.17, 15) is 9.59 Å². The molecular formula is C26H26N2O4S2. The third-order valence-corrected chi connectivity index (χ3v) is 7.16. The molecule has 0 aliphatic carbocycles. The quantitative estimate of drug-likeness (QED) is 0.368. The van der Waals surface area contributed by atoms with Crippen molar-refractivity contribution in [2.75, 3.05) is 19.5 Å². The highest BCUT2D eigenvalue weighted by atomic mass is 32.2. The van der Waals surface area contributed by atoms with E-state index in [2.05, 4.69) is 4.99 Å². The van der Waals surface area contributed by atoms with Crippen molar-refractivity contribution >= 4 is 35.1 Å². The standard InChI is InChI=1S/C26H26N2O4S2/c1-5-31-19-11-9-18(10-12-19)23-22(25(30)32-6-2)16(3)27-26-28(23)24(29)21(34-26)15-17-7-13-20(33-4)14-8-17/h7-15,23H,5-6H2,1-4H3/b21-15-/t23-/m1/s1. The van der Waals surface area contributed by atoms with Crippen molar-refractivity contribution in [3.63, 3.8) is 0 Å². The number of allylic oxidation sites excluding steroid dienone is 1. The first kappa shape index (κ1) is 24.0. The zero-order valence-electron chi connectivity index (χ0n) is 19.5. The van der Waals surface area contributed by atoms with Crippen LogP contribution in [0.5, 0.6) is 5.75 Å². The highest BCUT2D eigenvalue weighted by Crippen LogP contribution is 2.31. The summed E-state index contributed by atoms with van der Waals surface area (Å²) < 4.78 is 13.1. The molecule has 0 saturated heterocycles. The Kier molecular flexibility index (Phi) is 7.38. The minimum Gasteiger partial charge on any atom is -0.494 e. The lowest BCUT2D eigenvalue weighted by molar-refractivity contribution is -0.139. The molecular weight excluding hydrogens is 468 g/mol. The number of thioether (sulfide) groups is 1. The van der Waals surface area contributed by atoms with Gasteiger partial charge in [0.1, 0.15) is 5.75 Å². The van der Waals surface area contributed by atoms with Gasteiger partial charge in [-0.1, -0.05) is 35.6 Å². The zero-order valence-corrected chi connectivity index (χ0v) is 21.2. The van der Waals surface area contributed by atoms with E-state index in [1.807, 2.05) is 67.8 Å². The van der Waals surface area contributed by atoms with Gasteiger partial charge in [-0.2, -0.15) is 0 Å². The predicted molar refractivity (Wildman–Crippen MR) is 136 cm³/mol. The molecule has 0 spiro atoms. The molecule has 0 amide bonds. The van der Waals surface area contributed by atoms with Crippen LogP contribution in [-0.4, -0.2) is 30.0 Å². The summed E-state index contributed by atoms with van der Waals surface area (Å²) in [7, 11) is 0. The predicted octanol–water partition coefficient (Wildman–Crippen LogP) is 3.92. The van der Waals surface area contributed by atoms with Crippen LogP contribution < -0.4 is 19.6 Å². The van der Waals surface area contributed by atoms with Crippen LogP contribution in [-0.2, 0) is 9.53 Å². The van der Waals surface area contributed by atoms with Crippen molar-refractivity contribution in [2.45, 2.75) is 31.7 Å². The van der Waals surface area contributed by atoms with Gasteiger partial charge in [0.2, 0.25) is 0 Å². The highest BCUT2D eigenvalue weighted by molar-refractivity contribution is 7.98. The average molecular weight is 495 g/mol. The molecule has 0 saturated carbocycles. The SMILES string of the molecule is CCOC(=O)C1=C(C)N=c2s/c(=C\c3ccc(SC)cc3)c(=O)n2[C@@H]1c1ccc(OCC)cc1. The molecule has 176 valence electrons. The van der Waals surface area contributed by atoms with E-state index in [-0.39, 0.29) is 12.2 Å². The first-order chi connectivity index (χ1) is 16.5. The second kappa shape index (κ2) is 10.4. The van der Waals surface area contributed by atoms with Gasteiger partial charge >= 0.3 is 5.97 Å². The summed E-state index contributed by atoms with van der Waals surface area (Å²) in [5.41, 5.74) is 2.45.